The van der Waals surface area contributed by atoms with Crippen LogP contribution in [0.1, 0.15) is 31.0 Å². The van der Waals surface area contributed by atoms with Crippen LogP contribution in [0, 0.1) is 11.8 Å². The van der Waals surface area contributed by atoms with Gasteiger partial charge in [-0.25, -0.2) is 0 Å². The van der Waals surface area contributed by atoms with Gasteiger partial charge in [0.25, 0.3) is 0 Å². The Morgan fingerprint density at radius 3 is 2.73 bits per heavy atom. The molecule has 2 unspecified atom stereocenters. The Kier molecular flexibility index (Phi) is 4.32. The van der Waals surface area contributed by atoms with Gasteiger partial charge < -0.3 is 19.1 Å². The molecule has 2 fully saturated rings. The average Bonchev–Trinajstić information content (AvgIpc) is 3.50. The molecule has 7 nitrogen and oxygen atoms in total. The number of benzene rings is 1. The van der Waals surface area contributed by atoms with Gasteiger partial charge in [-0.3, -0.25) is 9.59 Å². The van der Waals surface area contributed by atoms with E-state index >= 15 is 0 Å². The zero-order chi connectivity index (χ0) is 21.0. The molecule has 4 heterocycles. The van der Waals surface area contributed by atoms with Crippen molar-refractivity contribution >= 4 is 17.5 Å². The van der Waals surface area contributed by atoms with E-state index in [9.17, 15) is 9.59 Å². The summed E-state index contributed by atoms with van der Waals surface area (Å²) in [4.78, 5) is 30.1. The van der Waals surface area contributed by atoms with Crippen molar-refractivity contribution < 1.29 is 18.8 Å². The summed E-state index contributed by atoms with van der Waals surface area (Å²) in [5.41, 5.74) is 2.01. The first kappa shape index (κ1) is 19.1. The summed E-state index contributed by atoms with van der Waals surface area (Å²) < 4.78 is 11.1. The maximum Gasteiger partial charge on any atom is 0.234 e. The van der Waals surface area contributed by atoms with Crippen LogP contribution in [0.4, 0.5) is 5.69 Å². The first-order chi connectivity index (χ1) is 14.4. The second-order valence-corrected chi connectivity index (χ2v) is 8.76. The van der Waals surface area contributed by atoms with Gasteiger partial charge in [-0.05, 0) is 23.6 Å². The van der Waals surface area contributed by atoms with Crippen LogP contribution in [0.5, 0.6) is 0 Å². The van der Waals surface area contributed by atoms with Crippen LogP contribution in [0.25, 0.3) is 0 Å². The third kappa shape index (κ3) is 2.80. The number of carbonyl (C=O) groups excluding carboxylic acids is 2. The highest BCUT2D eigenvalue weighted by molar-refractivity contribution is 6.03. The number of fused-ring (bicyclic) bond motifs is 1. The molecule has 0 saturated carbocycles. The fourth-order valence-electron chi connectivity index (χ4n) is 4.93. The van der Waals surface area contributed by atoms with Crippen LogP contribution in [0.3, 0.4) is 0 Å². The molecule has 1 aromatic heterocycles. The molecule has 156 valence electrons. The minimum absolute atomic E-state index is 0.0488. The molecule has 7 heteroatoms. The molecule has 2 bridgehead atoms. The molecule has 2 amide bonds. The molecule has 5 rings (SSSR count). The topological polar surface area (TPSA) is 75.9 Å². The monoisotopic (exact) mass is 407 g/mol. The number of hydrogen-bond acceptors (Lipinski definition) is 5. The zero-order valence-electron chi connectivity index (χ0n) is 17.3. The van der Waals surface area contributed by atoms with Gasteiger partial charge in [0.1, 0.15) is 17.6 Å². The molecule has 1 spiro atoms. The van der Waals surface area contributed by atoms with Gasteiger partial charge in [-0.2, -0.15) is 0 Å². The number of amides is 2. The van der Waals surface area contributed by atoms with E-state index in [1.807, 2.05) is 24.3 Å². The van der Waals surface area contributed by atoms with Gasteiger partial charge in [-0.1, -0.05) is 43.3 Å². The van der Waals surface area contributed by atoms with Crippen LogP contribution < -0.4 is 4.90 Å². The standard InChI is InChI=1S/C23H25N3O4/c1-14(2)15-4-6-17(7-5-15)26-13-23-10-8-18(30-23)19(20(23)22(26)28)21(27)25(3)12-16-9-11-29-24-16/h4-11,14,18-20H,12-13H2,1-3H3/t18-,19?,20?,23-/m0/s1. The summed E-state index contributed by atoms with van der Waals surface area (Å²) in [7, 11) is 1.72. The minimum Gasteiger partial charge on any atom is -0.364 e. The van der Waals surface area contributed by atoms with E-state index in [-0.39, 0.29) is 17.9 Å². The number of ether oxygens (including phenoxy) is 1. The summed E-state index contributed by atoms with van der Waals surface area (Å²) in [5, 5.41) is 3.88. The normalized spacial score (nSPS) is 29.1. The molecular weight excluding hydrogens is 382 g/mol. The largest absolute Gasteiger partial charge is 0.364 e. The quantitative estimate of drug-likeness (QED) is 0.713. The molecule has 30 heavy (non-hydrogen) atoms. The van der Waals surface area contributed by atoms with E-state index in [0.29, 0.717) is 24.7 Å². The third-order valence-electron chi connectivity index (χ3n) is 6.52. The second-order valence-electron chi connectivity index (χ2n) is 8.76. The number of carbonyl (C=O) groups is 2. The van der Waals surface area contributed by atoms with Gasteiger partial charge >= 0.3 is 0 Å². The smallest absolute Gasteiger partial charge is 0.234 e. The lowest BCUT2D eigenvalue weighted by atomic mass is 9.76. The molecule has 3 aliphatic heterocycles. The Balaban J connectivity index is 1.40. The Morgan fingerprint density at radius 2 is 2.07 bits per heavy atom. The summed E-state index contributed by atoms with van der Waals surface area (Å²) in [5.74, 6) is -0.767. The fourth-order valence-corrected chi connectivity index (χ4v) is 4.93. The first-order valence-electron chi connectivity index (χ1n) is 10.3. The van der Waals surface area contributed by atoms with E-state index in [2.05, 4.69) is 31.1 Å². The molecule has 3 aliphatic rings. The number of hydrogen-bond donors (Lipinski definition) is 0. The molecule has 1 aromatic carbocycles. The average molecular weight is 407 g/mol. The molecular formula is C23H25N3O4. The third-order valence-corrected chi connectivity index (χ3v) is 6.52. The second kappa shape index (κ2) is 6.80. The fraction of sp³-hybridized carbons (Fsp3) is 0.435. The highest BCUT2D eigenvalue weighted by atomic mass is 16.5. The van der Waals surface area contributed by atoms with E-state index in [1.54, 1.807) is 22.9 Å². The van der Waals surface area contributed by atoms with Crippen molar-refractivity contribution in [1.29, 1.82) is 0 Å². The molecule has 0 radical (unpaired) electrons. The Morgan fingerprint density at radius 1 is 1.30 bits per heavy atom. The predicted octanol–water partition coefficient (Wildman–Crippen LogP) is 2.74. The van der Waals surface area contributed by atoms with Crippen LogP contribution in [0.2, 0.25) is 0 Å². The number of rotatable bonds is 5. The van der Waals surface area contributed by atoms with Gasteiger partial charge in [0.05, 0.1) is 31.0 Å². The molecule has 0 aliphatic carbocycles. The molecule has 2 saturated heterocycles. The van der Waals surface area contributed by atoms with Crippen molar-refractivity contribution in [3.05, 3.63) is 60.0 Å². The van der Waals surface area contributed by atoms with E-state index in [4.69, 9.17) is 9.26 Å². The van der Waals surface area contributed by atoms with Gasteiger partial charge in [0, 0.05) is 18.8 Å². The predicted molar refractivity (Wildman–Crippen MR) is 110 cm³/mol. The first-order valence-corrected chi connectivity index (χ1v) is 10.3. The maximum absolute atomic E-state index is 13.5. The van der Waals surface area contributed by atoms with Gasteiger partial charge in [0.2, 0.25) is 11.8 Å². The van der Waals surface area contributed by atoms with Gasteiger partial charge in [0.15, 0.2) is 0 Å². The van der Waals surface area contributed by atoms with Crippen molar-refractivity contribution in [2.45, 2.75) is 38.0 Å². The lowest BCUT2D eigenvalue weighted by Gasteiger charge is -2.27. The number of aromatic nitrogens is 1. The Hall–Kier alpha value is -2.93. The maximum atomic E-state index is 13.5. The number of anilines is 1. The summed E-state index contributed by atoms with van der Waals surface area (Å²) in [6.45, 7) is 5.04. The van der Waals surface area contributed by atoms with Crippen LogP contribution in [-0.2, 0) is 20.9 Å². The van der Waals surface area contributed by atoms with Gasteiger partial charge in [-0.15, -0.1) is 0 Å². The van der Waals surface area contributed by atoms with E-state index in [1.165, 1.54) is 11.8 Å². The highest BCUT2D eigenvalue weighted by Gasteiger charge is 2.67. The van der Waals surface area contributed by atoms with Crippen LogP contribution in [0.15, 0.2) is 53.3 Å². The molecule has 4 atom stereocenters. The minimum atomic E-state index is -0.729. The van der Waals surface area contributed by atoms with Crippen LogP contribution >= 0.6 is 0 Å². The van der Waals surface area contributed by atoms with Crippen molar-refractivity contribution in [1.82, 2.24) is 10.1 Å². The summed E-state index contributed by atoms with van der Waals surface area (Å²) in [6.07, 6.45) is 5.03. The Bertz CT molecular complexity index is 998. The van der Waals surface area contributed by atoms with Crippen molar-refractivity contribution in [2.75, 3.05) is 18.5 Å². The van der Waals surface area contributed by atoms with Crippen molar-refractivity contribution in [3.8, 4) is 0 Å². The SMILES string of the molecule is CC(C)c1ccc(N2C[C@]34C=C[C@H](O3)C(C(=O)N(C)Cc3ccon3)C4C2=O)cc1. The van der Waals surface area contributed by atoms with Crippen molar-refractivity contribution in [3.63, 3.8) is 0 Å². The Labute approximate surface area is 175 Å². The molecule has 2 aromatic rings. The lowest BCUT2D eigenvalue weighted by molar-refractivity contribution is -0.139. The summed E-state index contributed by atoms with van der Waals surface area (Å²) >= 11 is 0. The zero-order valence-corrected chi connectivity index (χ0v) is 17.3. The van der Waals surface area contributed by atoms with Crippen LogP contribution in [-0.4, -0.2) is 47.2 Å². The van der Waals surface area contributed by atoms with Crippen molar-refractivity contribution in [2.24, 2.45) is 11.8 Å². The molecule has 0 N–H and O–H groups in total. The van der Waals surface area contributed by atoms with E-state index < -0.39 is 17.4 Å². The summed E-state index contributed by atoms with van der Waals surface area (Å²) in [6, 6.07) is 9.80. The number of nitrogens with zero attached hydrogens (tertiary/aromatic N) is 3. The van der Waals surface area contributed by atoms with E-state index in [0.717, 1.165) is 5.69 Å². The highest BCUT2D eigenvalue weighted by Crippen LogP contribution is 2.53. The lowest BCUT2D eigenvalue weighted by Crippen LogP contribution is -2.44.